The number of imidazole rings is 1. The van der Waals surface area contributed by atoms with Crippen LogP contribution in [-0.2, 0) is 20.8 Å². The van der Waals surface area contributed by atoms with Gasteiger partial charge in [0.25, 0.3) is 0 Å². The second kappa shape index (κ2) is 11.5. The summed E-state index contributed by atoms with van der Waals surface area (Å²) in [7, 11) is 0. The Bertz CT molecular complexity index is 674. The van der Waals surface area contributed by atoms with Crippen LogP contribution in [0.5, 0.6) is 0 Å². The lowest BCUT2D eigenvalue weighted by Gasteiger charge is -2.21. The summed E-state index contributed by atoms with van der Waals surface area (Å²) in [5.74, 6) is -2.91. The number of carbonyl (C=O) groups is 3. The molecule has 1 aromatic heterocycles. The summed E-state index contributed by atoms with van der Waals surface area (Å²) < 4.78 is 0. The molecule has 11 N–H and O–H groups in total. The van der Waals surface area contributed by atoms with Gasteiger partial charge < -0.3 is 43.0 Å². The van der Waals surface area contributed by atoms with E-state index in [1.807, 2.05) is 0 Å². The predicted molar refractivity (Wildman–Crippen MR) is 98.8 cm³/mol. The number of amides is 2. The SMILES string of the molecule is NC(N)=NCCC[C@H](NC(=O)[C@H](CO)NC(=O)[C@@H](N)Cc1cnc[nH]1)C(=O)O. The van der Waals surface area contributed by atoms with Crippen molar-refractivity contribution in [2.24, 2.45) is 22.2 Å². The van der Waals surface area contributed by atoms with E-state index in [-0.39, 0.29) is 25.3 Å². The first-order valence-electron chi connectivity index (χ1n) is 8.47. The van der Waals surface area contributed by atoms with Crippen LogP contribution in [0, 0.1) is 0 Å². The summed E-state index contributed by atoms with van der Waals surface area (Å²) in [5.41, 5.74) is 16.7. The van der Waals surface area contributed by atoms with Gasteiger partial charge in [0.1, 0.15) is 12.1 Å². The molecule has 1 aromatic rings. The van der Waals surface area contributed by atoms with Gasteiger partial charge in [-0.15, -0.1) is 0 Å². The molecule has 0 aliphatic rings. The average molecular weight is 398 g/mol. The number of nitrogens with two attached hydrogens (primary N) is 3. The van der Waals surface area contributed by atoms with E-state index in [0.717, 1.165) is 0 Å². The van der Waals surface area contributed by atoms with E-state index >= 15 is 0 Å². The summed E-state index contributed by atoms with van der Waals surface area (Å²) in [6.45, 7) is -0.528. The molecule has 0 saturated heterocycles. The summed E-state index contributed by atoms with van der Waals surface area (Å²) >= 11 is 0. The first-order valence-corrected chi connectivity index (χ1v) is 8.47. The maximum Gasteiger partial charge on any atom is 0.326 e. The molecular weight excluding hydrogens is 372 g/mol. The average Bonchev–Trinajstić information content (AvgIpc) is 3.14. The molecule has 28 heavy (non-hydrogen) atoms. The Morgan fingerprint density at radius 3 is 2.43 bits per heavy atom. The summed E-state index contributed by atoms with van der Waals surface area (Å²) in [4.78, 5) is 46.0. The van der Waals surface area contributed by atoms with E-state index in [1.165, 1.54) is 12.5 Å². The van der Waals surface area contributed by atoms with Gasteiger partial charge in [0.15, 0.2) is 5.96 Å². The number of carboxylic acid groups (broad SMARTS) is 1. The number of guanidine groups is 1. The minimum atomic E-state index is -1.35. The molecule has 0 aromatic carbocycles. The summed E-state index contributed by atoms with van der Waals surface area (Å²) in [5, 5.41) is 23.2. The van der Waals surface area contributed by atoms with Gasteiger partial charge in [0.05, 0.1) is 19.0 Å². The van der Waals surface area contributed by atoms with E-state index < -0.39 is 42.5 Å². The number of aromatic nitrogens is 2. The van der Waals surface area contributed by atoms with Crippen LogP contribution < -0.4 is 27.8 Å². The molecule has 3 atom stereocenters. The van der Waals surface area contributed by atoms with Crippen molar-refractivity contribution in [2.45, 2.75) is 37.4 Å². The molecule has 0 fully saturated rings. The summed E-state index contributed by atoms with van der Waals surface area (Å²) in [6.07, 6.45) is 3.45. The number of aliphatic carboxylic acids is 1. The lowest BCUT2D eigenvalue weighted by molar-refractivity contribution is -0.142. The number of H-pyrrole nitrogens is 1. The molecule has 0 radical (unpaired) electrons. The van der Waals surface area contributed by atoms with Crippen LogP contribution in [0.1, 0.15) is 18.5 Å². The van der Waals surface area contributed by atoms with Crippen LogP contribution in [0.25, 0.3) is 0 Å². The lowest BCUT2D eigenvalue weighted by atomic mass is 10.1. The Labute approximate surface area is 160 Å². The molecule has 0 unspecified atom stereocenters. The van der Waals surface area contributed by atoms with Gasteiger partial charge in [0.2, 0.25) is 11.8 Å². The number of aromatic amines is 1. The fourth-order valence-electron chi connectivity index (χ4n) is 2.23. The van der Waals surface area contributed by atoms with Crippen molar-refractivity contribution in [1.29, 1.82) is 0 Å². The van der Waals surface area contributed by atoms with Crippen LogP contribution >= 0.6 is 0 Å². The molecule has 1 heterocycles. The van der Waals surface area contributed by atoms with Gasteiger partial charge in [-0.1, -0.05) is 0 Å². The fourth-order valence-corrected chi connectivity index (χ4v) is 2.23. The Balaban J connectivity index is 2.57. The van der Waals surface area contributed by atoms with Gasteiger partial charge >= 0.3 is 5.97 Å². The van der Waals surface area contributed by atoms with Crippen molar-refractivity contribution >= 4 is 23.7 Å². The Kier molecular flexibility index (Phi) is 9.39. The molecule has 13 heteroatoms. The maximum atomic E-state index is 12.2. The standard InChI is InChI=1S/C15H26N8O5/c16-9(4-8-5-19-7-21-8)12(25)23-11(6-24)13(26)22-10(14(27)28)2-1-3-20-15(17)18/h5,7,9-11,24H,1-4,6,16H2,(H,19,21)(H,22,26)(H,23,25)(H,27,28)(H4,17,18,20)/t9-,10-,11-/m0/s1. The molecule has 0 aliphatic carbocycles. The number of aliphatic imine (C=N–C) groups is 1. The first-order chi connectivity index (χ1) is 13.2. The fraction of sp³-hybridized carbons (Fsp3) is 0.533. The van der Waals surface area contributed by atoms with Crippen LogP contribution in [0.2, 0.25) is 0 Å². The molecule has 156 valence electrons. The lowest BCUT2D eigenvalue weighted by Crippen LogP contribution is -2.56. The minimum Gasteiger partial charge on any atom is -0.480 e. The van der Waals surface area contributed by atoms with Gasteiger partial charge in [-0.3, -0.25) is 14.6 Å². The number of hydrogen-bond acceptors (Lipinski definition) is 7. The van der Waals surface area contributed by atoms with Crippen LogP contribution in [0.4, 0.5) is 0 Å². The second-order valence-corrected chi connectivity index (χ2v) is 5.98. The molecule has 13 nitrogen and oxygen atoms in total. The number of nitrogens with zero attached hydrogens (tertiary/aromatic N) is 2. The van der Waals surface area contributed by atoms with Crippen molar-refractivity contribution in [1.82, 2.24) is 20.6 Å². The molecule has 0 bridgehead atoms. The third-order valence-corrected chi connectivity index (χ3v) is 3.71. The van der Waals surface area contributed by atoms with Crippen molar-refractivity contribution in [3.8, 4) is 0 Å². The third kappa shape index (κ3) is 8.01. The molecular formula is C15H26N8O5. The van der Waals surface area contributed by atoms with Gasteiger partial charge in [-0.25, -0.2) is 9.78 Å². The number of hydrogen-bond donors (Lipinski definition) is 8. The Morgan fingerprint density at radius 2 is 1.89 bits per heavy atom. The van der Waals surface area contributed by atoms with E-state index in [4.69, 9.17) is 17.2 Å². The molecule has 0 spiro atoms. The highest BCUT2D eigenvalue weighted by molar-refractivity contribution is 5.91. The van der Waals surface area contributed by atoms with Crippen molar-refractivity contribution in [3.63, 3.8) is 0 Å². The van der Waals surface area contributed by atoms with Crippen LogP contribution in [0.3, 0.4) is 0 Å². The second-order valence-electron chi connectivity index (χ2n) is 5.98. The number of carbonyl (C=O) groups excluding carboxylic acids is 2. The molecule has 0 aliphatic heterocycles. The van der Waals surface area contributed by atoms with Crippen LogP contribution in [0.15, 0.2) is 17.5 Å². The predicted octanol–water partition coefficient (Wildman–Crippen LogP) is -3.62. The molecule has 0 saturated carbocycles. The number of nitrogens with one attached hydrogen (secondary N) is 3. The van der Waals surface area contributed by atoms with Gasteiger partial charge in [-0.2, -0.15) is 0 Å². The van der Waals surface area contributed by atoms with Gasteiger partial charge in [-0.05, 0) is 12.8 Å². The normalized spacial score (nSPS) is 13.8. The number of aliphatic hydroxyl groups excluding tert-OH is 1. The van der Waals surface area contributed by atoms with E-state index in [1.54, 1.807) is 0 Å². The summed E-state index contributed by atoms with van der Waals surface area (Å²) in [6, 6.07) is -3.57. The number of carboxylic acids is 1. The number of aliphatic hydroxyl groups is 1. The van der Waals surface area contributed by atoms with Crippen molar-refractivity contribution in [2.75, 3.05) is 13.2 Å². The zero-order valence-electron chi connectivity index (χ0n) is 15.2. The Hall–Kier alpha value is -3.19. The number of rotatable bonds is 12. The Morgan fingerprint density at radius 1 is 1.21 bits per heavy atom. The maximum absolute atomic E-state index is 12.2. The molecule has 1 rings (SSSR count). The van der Waals surface area contributed by atoms with Crippen molar-refractivity contribution in [3.05, 3.63) is 18.2 Å². The highest BCUT2D eigenvalue weighted by Gasteiger charge is 2.27. The van der Waals surface area contributed by atoms with E-state index in [2.05, 4.69) is 25.6 Å². The van der Waals surface area contributed by atoms with Gasteiger partial charge in [0, 0.05) is 24.9 Å². The first kappa shape index (κ1) is 22.9. The highest BCUT2D eigenvalue weighted by atomic mass is 16.4. The van der Waals surface area contributed by atoms with Crippen LogP contribution in [-0.4, -0.2) is 75.2 Å². The van der Waals surface area contributed by atoms with E-state index in [9.17, 15) is 24.6 Å². The van der Waals surface area contributed by atoms with Crippen molar-refractivity contribution < 1.29 is 24.6 Å². The quantitative estimate of drug-likeness (QED) is 0.0983. The zero-order chi connectivity index (χ0) is 21.1. The third-order valence-electron chi connectivity index (χ3n) is 3.71. The minimum absolute atomic E-state index is 0.0588. The molecule has 2 amide bonds. The zero-order valence-corrected chi connectivity index (χ0v) is 15.2. The smallest absolute Gasteiger partial charge is 0.326 e. The monoisotopic (exact) mass is 398 g/mol. The van der Waals surface area contributed by atoms with E-state index in [0.29, 0.717) is 12.1 Å². The highest BCUT2D eigenvalue weighted by Crippen LogP contribution is 2.01. The topological polar surface area (TPSA) is 235 Å². The largest absolute Gasteiger partial charge is 0.480 e.